The third kappa shape index (κ3) is 5.91. The Hall–Kier alpha value is -4.30. The standard InChI is InChI=1S/C31H28F6N4O4/c32-18-10-22(33)25(23(34)11-18)41-12-21(29(44)39-27(17-6-7-17)31(35,36)37)26(45-19-4-2-1-3-5-19)20-8-9-24(38-28(20)41)40-13-30(14-40,15-42)16-43/h1-5,8-12,17,26-27,42-43H,6-7,13-16H2,(H,39,44)/t26?,27-/m0/s1. The van der Waals surface area contributed by atoms with E-state index in [1.807, 2.05) is 0 Å². The summed E-state index contributed by atoms with van der Waals surface area (Å²) in [6.07, 6.45) is -4.63. The normalized spacial score (nSPS) is 19.7. The molecule has 14 heteroatoms. The number of amides is 1. The van der Waals surface area contributed by atoms with Gasteiger partial charge in [0.2, 0.25) is 0 Å². The van der Waals surface area contributed by atoms with E-state index in [-0.39, 0.29) is 62.1 Å². The zero-order chi connectivity index (χ0) is 32.1. The van der Waals surface area contributed by atoms with Crippen molar-refractivity contribution in [3.05, 3.63) is 89.4 Å². The first-order valence-corrected chi connectivity index (χ1v) is 14.2. The number of carbonyl (C=O) groups is 1. The summed E-state index contributed by atoms with van der Waals surface area (Å²) in [4.78, 5) is 20.8. The van der Waals surface area contributed by atoms with Crippen LogP contribution >= 0.6 is 0 Å². The molecule has 238 valence electrons. The van der Waals surface area contributed by atoms with Gasteiger partial charge in [-0.15, -0.1) is 0 Å². The number of benzene rings is 2. The zero-order valence-electron chi connectivity index (χ0n) is 23.6. The monoisotopic (exact) mass is 634 g/mol. The summed E-state index contributed by atoms with van der Waals surface area (Å²) in [6.45, 7) is -0.176. The molecule has 6 rings (SSSR count). The van der Waals surface area contributed by atoms with Crippen LogP contribution in [0.5, 0.6) is 5.75 Å². The summed E-state index contributed by atoms with van der Waals surface area (Å²) in [5.41, 5.74) is -1.91. The molecule has 3 aliphatic rings. The molecule has 3 N–H and O–H groups in total. The van der Waals surface area contributed by atoms with E-state index < -0.39 is 64.3 Å². The van der Waals surface area contributed by atoms with Crippen LogP contribution in [0.4, 0.5) is 43.7 Å². The predicted molar refractivity (Wildman–Crippen MR) is 150 cm³/mol. The summed E-state index contributed by atoms with van der Waals surface area (Å²) < 4.78 is 92.3. The lowest BCUT2D eigenvalue weighted by Gasteiger charge is -2.49. The minimum Gasteiger partial charge on any atom is -0.481 e. The number of rotatable bonds is 9. The second-order valence-electron chi connectivity index (χ2n) is 11.6. The van der Waals surface area contributed by atoms with Gasteiger partial charge in [-0.1, -0.05) is 18.2 Å². The summed E-state index contributed by atoms with van der Waals surface area (Å²) in [5.74, 6) is -5.49. The minimum atomic E-state index is -4.75. The van der Waals surface area contributed by atoms with Crippen LogP contribution in [-0.2, 0) is 4.79 Å². The van der Waals surface area contributed by atoms with E-state index in [1.165, 1.54) is 12.1 Å². The molecule has 1 aliphatic carbocycles. The Balaban J connectivity index is 1.48. The first-order valence-electron chi connectivity index (χ1n) is 14.2. The second kappa shape index (κ2) is 11.6. The molecule has 8 nitrogen and oxygen atoms in total. The summed E-state index contributed by atoms with van der Waals surface area (Å²) >= 11 is 0. The number of aliphatic hydroxyl groups is 2. The van der Waals surface area contributed by atoms with Gasteiger partial charge in [0.05, 0.1) is 24.2 Å². The topological polar surface area (TPSA) is 98.2 Å². The van der Waals surface area contributed by atoms with Crippen molar-refractivity contribution < 1.29 is 46.1 Å². The van der Waals surface area contributed by atoms with Crippen molar-refractivity contribution in [3.63, 3.8) is 0 Å². The van der Waals surface area contributed by atoms with Crippen LogP contribution in [0.25, 0.3) is 0 Å². The third-order valence-corrected chi connectivity index (χ3v) is 8.21. The largest absolute Gasteiger partial charge is 0.481 e. The van der Waals surface area contributed by atoms with Crippen molar-refractivity contribution in [2.24, 2.45) is 11.3 Å². The van der Waals surface area contributed by atoms with Crippen LogP contribution in [-0.4, -0.2) is 59.6 Å². The van der Waals surface area contributed by atoms with Crippen molar-refractivity contribution in [1.82, 2.24) is 10.3 Å². The summed E-state index contributed by atoms with van der Waals surface area (Å²) in [5, 5.41) is 21.5. The molecule has 0 spiro atoms. The van der Waals surface area contributed by atoms with Crippen LogP contribution in [0.2, 0.25) is 0 Å². The maximum Gasteiger partial charge on any atom is 0.408 e. The Morgan fingerprint density at radius 3 is 2.24 bits per heavy atom. The number of hydrogen-bond donors (Lipinski definition) is 3. The highest BCUT2D eigenvalue weighted by Crippen LogP contribution is 2.46. The number of anilines is 3. The molecule has 1 unspecified atom stereocenters. The molecule has 0 bridgehead atoms. The molecule has 45 heavy (non-hydrogen) atoms. The van der Waals surface area contributed by atoms with Crippen molar-refractivity contribution in [3.8, 4) is 5.75 Å². The Bertz CT molecular complexity index is 1600. The fraction of sp³-hybridized carbons (Fsp3) is 0.355. The van der Waals surface area contributed by atoms with Gasteiger partial charge in [0.1, 0.15) is 34.9 Å². The molecular weight excluding hydrogens is 606 g/mol. The summed E-state index contributed by atoms with van der Waals surface area (Å²) in [7, 11) is 0. The molecule has 1 aromatic heterocycles. The molecule has 3 heterocycles. The highest BCUT2D eigenvalue weighted by Gasteiger charge is 2.51. The van der Waals surface area contributed by atoms with Crippen molar-refractivity contribution >= 4 is 23.2 Å². The highest BCUT2D eigenvalue weighted by molar-refractivity contribution is 5.97. The molecule has 2 aromatic carbocycles. The fourth-order valence-electron chi connectivity index (χ4n) is 5.63. The molecule has 1 saturated carbocycles. The first kappa shape index (κ1) is 30.7. The van der Waals surface area contributed by atoms with Gasteiger partial charge >= 0.3 is 6.18 Å². The Kier molecular flexibility index (Phi) is 7.89. The lowest BCUT2D eigenvalue weighted by molar-refractivity contribution is -0.165. The molecule has 0 radical (unpaired) electrons. The molecule has 2 aliphatic heterocycles. The van der Waals surface area contributed by atoms with E-state index in [0.29, 0.717) is 12.1 Å². The number of ether oxygens (including phenoxy) is 1. The van der Waals surface area contributed by atoms with E-state index in [2.05, 4.69) is 10.3 Å². The van der Waals surface area contributed by atoms with Gasteiger partial charge < -0.3 is 25.2 Å². The zero-order valence-corrected chi connectivity index (χ0v) is 23.6. The second-order valence-corrected chi connectivity index (χ2v) is 11.6. The van der Waals surface area contributed by atoms with Gasteiger partial charge in [-0.2, -0.15) is 13.2 Å². The number of nitrogens with zero attached hydrogens (tertiary/aromatic N) is 3. The number of pyridine rings is 1. The number of hydrogen-bond acceptors (Lipinski definition) is 7. The maximum absolute atomic E-state index is 15.2. The highest BCUT2D eigenvalue weighted by atomic mass is 19.4. The number of aromatic nitrogens is 1. The molecule has 3 aromatic rings. The predicted octanol–water partition coefficient (Wildman–Crippen LogP) is 4.90. The van der Waals surface area contributed by atoms with E-state index >= 15 is 8.78 Å². The van der Waals surface area contributed by atoms with E-state index in [9.17, 15) is 32.6 Å². The Labute approximate surface area is 253 Å². The quantitative estimate of drug-likeness (QED) is 0.288. The molecular formula is C31H28F6N4O4. The first-order chi connectivity index (χ1) is 21.4. The van der Waals surface area contributed by atoms with Gasteiger partial charge in [0.25, 0.3) is 5.91 Å². The lowest BCUT2D eigenvalue weighted by atomic mass is 9.81. The van der Waals surface area contributed by atoms with Crippen LogP contribution < -0.4 is 19.9 Å². The molecule has 2 fully saturated rings. The number of nitrogens with one attached hydrogen (secondary N) is 1. The summed E-state index contributed by atoms with van der Waals surface area (Å²) in [6, 6.07) is 9.83. The van der Waals surface area contributed by atoms with Crippen LogP contribution in [0.1, 0.15) is 24.5 Å². The smallest absolute Gasteiger partial charge is 0.408 e. The van der Waals surface area contributed by atoms with Crippen LogP contribution in [0.15, 0.2) is 66.4 Å². The number of carbonyl (C=O) groups excluding carboxylic acids is 1. The van der Waals surface area contributed by atoms with Gasteiger partial charge in [0, 0.05) is 37.0 Å². The third-order valence-electron chi connectivity index (χ3n) is 8.21. The molecule has 2 atom stereocenters. The maximum atomic E-state index is 15.2. The average Bonchev–Trinajstić information content (AvgIpc) is 3.81. The molecule has 1 saturated heterocycles. The van der Waals surface area contributed by atoms with Gasteiger partial charge in [-0.25, -0.2) is 18.2 Å². The lowest BCUT2D eigenvalue weighted by Crippen LogP contribution is -2.60. The van der Waals surface area contributed by atoms with Gasteiger partial charge in [-0.05, 0) is 43.0 Å². The van der Waals surface area contributed by atoms with Crippen molar-refractivity contribution in [2.75, 3.05) is 36.1 Å². The Morgan fingerprint density at radius 1 is 1.02 bits per heavy atom. The van der Waals surface area contributed by atoms with E-state index in [1.54, 1.807) is 35.2 Å². The van der Waals surface area contributed by atoms with Gasteiger partial charge in [0.15, 0.2) is 17.7 Å². The van der Waals surface area contributed by atoms with Gasteiger partial charge in [-0.3, -0.25) is 9.69 Å². The van der Waals surface area contributed by atoms with Crippen molar-refractivity contribution in [2.45, 2.75) is 31.2 Å². The number of fused-ring (bicyclic) bond motifs is 1. The van der Waals surface area contributed by atoms with Crippen molar-refractivity contribution in [1.29, 1.82) is 0 Å². The van der Waals surface area contributed by atoms with E-state index in [0.717, 1.165) is 11.1 Å². The van der Waals surface area contributed by atoms with Crippen LogP contribution in [0.3, 0.4) is 0 Å². The number of para-hydroxylation sites is 1. The number of alkyl halides is 3. The van der Waals surface area contributed by atoms with E-state index in [4.69, 9.17) is 4.74 Å². The number of aliphatic hydroxyl groups excluding tert-OH is 2. The minimum absolute atomic E-state index is 0.0875. The molecule has 1 amide bonds. The Morgan fingerprint density at radius 2 is 1.67 bits per heavy atom. The number of halogens is 6. The SMILES string of the molecule is O=C(N[C@@H](C1CC1)C(F)(F)F)C1=CN(c2c(F)cc(F)cc2F)c2nc(N3CC(CO)(CO)C3)ccc2C1Oc1ccccc1. The average molecular weight is 635 g/mol. The fourth-order valence-corrected chi connectivity index (χ4v) is 5.63. The van der Waals surface area contributed by atoms with Crippen LogP contribution in [0, 0.1) is 28.8 Å².